The van der Waals surface area contributed by atoms with Crippen molar-refractivity contribution >= 4 is 17.9 Å². The minimum atomic E-state index is -0.983. The number of hydrogen-bond acceptors (Lipinski definition) is 3. The molecule has 0 saturated carbocycles. The fraction of sp³-hybridized carbons (Fsp3) is 0.286. The van der Waals surface area contributed by atoms with Gasteiger partial charge in [0.2, 0.25) is 5.91 Å². The molecule has 2 aromatic carbocycles. The topological polar surface area (TPSA) is 98.7 Å². The molecule has 0 unspecified atom stereocenters. The summed E-state index contributed by atoms with van der Waals surface area (Å²) in [7, 11) is 0. The molecule has 0 fully saturated rings. The molecule has 28 heavy (non-hydrogen) atoms. The molecule has 3 rings (SSSR count). The summed E-state index contributed by atoms with van der Waals surface area (Å²) in [6.07, 6.45) is 1.02. The van der Waals surface area contributed by atoms with E-state index in [1.54, 1.807) is 17.0 Å². The minimum absolute atomic E-state index is 0.161. The number of carboxylic acids is 1. The molecule has 7 nitrogen and oxygen atoms in total. The van der Waals surface area contributed by atoms with Crippen molar-refractivity contribution in [2.45, 2.75) is 25.9 Å². The maximum absolute atomic E-state index is 12.3. The molecule has 0 spiro atoms. The van der Waals surface area contributed by atoms with Gasteiger partial charge in [-0.05, 0) is 35.2 Å². The number of hydrogen-bond donors (Lipinski definition) is 3. The van der Waals surface area contributed by atoms with E-state index in [2.05, 4.69) is 16.7 Å². The predicted octanol–water partition coefficient (Wildman–Crippen LogP) is 2.16. The molecule has 7 heteroatoms. The largest absolute Gasteiger partial charge is 0.478 e. The summed E-state index contributed by atoms with van der Waals surface area (Å²) in [5.41, 5.74) is 3.46. The highest BCUT2D eigenvalue weighted by molar-refractivity contribution is 5.87. The normalized spacial score (nSPS) is 12.8. The van der Waals surface area contributed by atoms with Gasteiger partial charge in [-0.25, -0.2) is 9.59 Å². The molecule has 146 valence electrons. The quantitative estimate of drug-likeness (QED) is 0.714. The van der Waals surface area contributed by atoms with Gasteiger partial charge in [0.05, 0.1) is 5.56 Å². The third-order valence-electron chi connectivity index (χ3n) is 4.74. The van der Waals surface area contributed by atoms with Gasteiger partial charge >= 0.3 is 12.0 Å². The van der Waals surface area contributed by atoms with E-state index in [0.29, 0.717) is 19.6 Å². The third-order valence-corrected chi connectivity index (χ3v) is 4.74. The van der Waals surface area contributed by atoms with Gasteiger partial charge in [-0.15, -0.1) is 0 Å². The number of carboxylic acid groups (broad SMARTS) is 1. The van der Waals surface area contributed by atoms with Crippen molar-refractivity contribution in [2.24, 2.45) is 0 Å². The van der Waals surface area contributed by atoms with E-state index < -0.39 is 5.97 Å². The first-order chi connectivity index (χ1) is 13.5. The first kappa shape index (κ1) is 19.4. The van der Waals surface area contributed by atoms with Crippen LogP contribution in [0.2, 0.25) is 0 Å². The predicted molar refractivity (Wildman–Crippen MR) is 104 cm³/mol. The number of nitrogens with zero attached hydrogens (tertiary/aromatic N) is 1. The molecule has 0 aromatic heterocycles. The van der Waals surface area contributed by atoms with Crippen LogP contribution in [0.1, 0.15) is 33.5 Å². The highest BCUT2D eigenvalue weighted by Crippen LogP contribution is 2.18. The van der Waals surface area contributed by atoms with Gasteiger partial charge in [0.15, 0.2) is 0 Å². The van der Waals surface area contributed by atoms with Crippen molar-refractivity contribution in [1.82, 2.24) is 15.5 Å². The van der Waals surface area contributed by atoms with Crippen LogP contribution in [-0.4, -0.2) is 41.0 Å². The number of carbonyl (C=O) groups excluding carboxylic acids is 2. The zero-order valence-electron chi connectivity index (χ0n) is 15.5. The third kappa shape index (κ3) is 5.09. The Balaban J connectivity index is 1.37. The van der Waals surface area contributed by atoms with E-state index in [1.165, 1.54) is 17.7 Å². The molecular weight excluding hydrogens is 358 g/mol. The van der Waals surface area contributed by atoms with Crippen molar-refractivity contribution in [1.29, 1.82) is 0 Å². The number of urea groups is 1. The summed E-state index contributed by atoms with van der Waals surface area (Å²) in [6, 6.07) is 14.3. The number of rotatable bonds is 6. The molecular formula is C21H23N3O4. The van der Waals surface area contributed by atoms with Gasteiger partial charge in [-0.3, -0.25) is 4.79 Å². The zero-order chi connectivity index (χ0) is 19.9. The Labute approximate surface area is 163 Å². The summed E-state index contributed by atoms with van der Waals surface area (Å²) in [4.78, 5) is 36.8. The molecule has 0 atom stereocenters. The van der Waals surface area contributed by atoms with Crippen LogP contribution in [0.3, 0.4) is 0 Å². The minimum Gasteiger partial charge on any atom is -0.478 e. The van der Waals surface area contributed by atoms with Crippen molar-refractivity contribution < 1.29 is 19.5 Å². The fourth-order valence-corrected chi connectivity index (χ4v) is 3.12. The Morgan fingerprint density at radius 2 is 1.68 bits per heavy atom. The van der Waals surface area contributed by atoms with Crippen LogP contribution in [0.5, 0.6) is 0 Å². The zero-order valence-corrected chi connectivity index (χ0v) is 15.5. The van der Waals surface area contributed by atoms with Crippen LogP contribution >= 0.6 is 0 Å². The van der Waals surface area contributed by atoms with Crippen molar-refractivity contribution in [3.05, 3.63) is 70.8 Å². The number of benzene rings is 2. The lowest BCUT2D eigenvalue weighted by Crippen LogP contribution is -2.43. The van der Waals surface area contributed by atoms with Crippen molar-refractivity contribution in [2.75, 3.05) is 13.1 Å². The first-order valence-corrected chi connectivity index (χ1v) is 9.21. The Morgan fingerprint density at radius 1 is 0.964 bits per heavy atom. The molecule has 2 aromatic rings. The maximum atomic E-state index is 12.3. The summed E-state index contributed by atoms with van der Waals surface area (Å²) in [5.74, 6) is -1.16. The SMILES string of the molecule is O=C(CCNC(=O)N1CCc2ccccc2C1)NCc1ccc(C(=O)O)cc1. The Bertz CT molecular complexity index is 864. The Morgan fingerprint density at radius 3 is 2.39 bits per heavy atom. The van der Waals surface area contributed by atoms with Crippen LogP contribution in [0.15, 0.2) is 48.5 Å². The number of carbonyl (C=O) groups is 3. The van der Waals surface area contributed by atoms with Crippen LogP contribution in [-0.2, 0) is 24.3 Å². The van der Waals surface area contributed by atoms with Gasteiger partial charge in [-0.1, -0.05) is 36.4 Å². The monoisotopic (exact) mass is 381 g/mol. The van der Waals surface area contributed by atoms with Crippen LogP contribution in [0, 0.1) is 0 Å². The summed E-state index contributed by atoms with van der Waals surface area (Å²) < 4.78 is 0. The van der Waals surface area contributed by atoms with E-state index >= 15 is 0 Å². The molecule has 3 N–H and O–H groups in total. The van der Waals surface area contributed by atoms with E-state index in [4.69, 9.17) is 5.11 Å². The second-order valence-electron chi connectivity index (χ2n) is 6.70. The van der Waals surface area contributed by atoms with Gasteiger partial charge < -0.3 is 20.6 Å². The number of aromatic carboxylic acids is 1. The van der Waals surface area contributed by atoms with Gasteiger partial charge in [0.1, 0.15) is 0 Å². The van der Waals surface area contributed by atoms with Gasteiger partial charge in [-0.2, -0.15) is 0 Å². The van der Waals surface area contributed by atoms with Crippen LogP contribution < -0.4 is 10.6 Å². The summed E-state index contributed by atoms with van der Waals surface area (Å²) in [5, 5.41) is 14.4. The lowest BCUT2D eigenvalue weighted by molar-refractivity contribution is -0.121. The number of nitrogens with one attached hydrogen (secondary N) is 2. The highest BCUT2D eigenvalue weighted by Gasteiger charge is 2.20. The molecule has 1 aliphatic heterocycles. The van der Waals surface area contributed by atoms with Crippen molar-refractivity contribution in [3.8, 4) is 0 Å². The molecule has 1 heterocycles. The Hall–Kier alpha value is -3.35. The van der Waals surface area contributed by atoms with E-state index in [0.717, 1.165) is 17.5 Å². The van der Waals surface area contributed by atoms with Crippen LogP contribution in [0.4, 0.5) is 4.79 Å². The first-order valence-electron chi connectivity index (χ1n) is 9.21. The molecule has 0 bridgehead atoms. The average Bonchev–Trinajstić information content (AvgIpc) is 2.72. The highest BCUT2D eigenvalue weighted by atomic mass is 16.4. The standard InChI is InChI=1S/C21H23N3O4/c25-19(23-13-15-5-7-17(8-6-15)20(26)27)9-11-22-21(28)24-12-10-16-3-1-2-4-18(16)14-24/h1-8H,9-14H2,(H,22,28)(H,23,25)(H,26,27). The fourth-order valence-electron chi connectivity index (χ4n) is 3.12. The second-order valence-corrected chi connectivity index (χ2v) is 6.70. The van der Waals surface area contributed by atoms with Gasteiger partial charge in [0, 0.05) is 32.6 Å². The molecule has 0 saturated heterocycles. The lowest BCUT2D eigenvalue weighted by atomic mass is 10.0. The van der Waals surface area contributed by atoms with Crippen molar-refractivity contribution in [3.63, 3.8) is 0 Å². The summed E-state index contributed by atoms with van der Waals surface area (Å²) >= 11 is 0. The second kappa shape index (κ2) is 9.03. The van der Waals surface area contributed by atoms with E-state index in [9.17, 15) is 14.4 Å². The molecule has 0 aliphatic carbocycles. The Kier molecular flexibility index (Phi) is 6.26. The molecule has 1 aliphatic rings. The smallest absolute Gasteiger partial charge is 0.335 e. The maximum Gasteiger partial charge on any atom is 0.335 e. The van der Waals surface area contributed by atoms with E-state index in [1.807, 2.05) is 18.2 Å². The van der Waals surface area contributed by atoms with E-state index in [-0.39, 0.29) is 30.5 Å². The number of fused-ring (bicyclic) bond motifs is 1. The van der Waals surface area contributed by atoms with Crippen LogP contribution in [0.25, 0.3) is 0 Å². The lowest BCUT2D eigenvalue weighted by Gasteiger charge is -2.28. The summed E-state index contributed by atoms with van der Waals surface area (Å²) in [6.45, 7) is 1.83. The molecule has 3 amide bonds. The average molecular weight is 381 g/mol. The van der Waals surface area contributed by atoms with Gasteiger partial charge in [0.25, 0.3) is 0 Å². The molecule has 0 radical (unpaired) electrons. The number of amides is 3.